The van der Waals surface area contributed by atoms with E-state index in [9.17, 15) is 0 Å². The molecule has 0 aliphatic carbocycles. The number of hydrogen-bond donors (Lipinski definition) is 0. The fourth-order valence-corrected chi connectivity index (χ4v) is 13.1. The molecule has 51 heavy (non-hydrogen) atoms. The number of nitrogens with zero attached hydrogens (tertiary/aromatic N) is 4. The molecule has 0 saturated heterocycles. The lowest BCUT2D eigenvalue weighted by Gasteiger charge is -2.37. The Labute approximate surface area is 298 Å². The first-order valence-electron chi connectivity index (χ1n) is 17.5. The Bertz CT molecular complexity index is 2460. The lowest BCUT2D eigenvalue weighted by molar-refractivity contribution is 0.408. The van der Waals surface area contributed by atoms with Crippen LogP contribution >= 0.6 is 0 Å². The Kier molecular flexibility index (Phi) is 6.79. The molecule has 0 fully saturated rings. The molecule has 8 aromatic rings. The van der Waals surface area contributed by atoms with Gasteiger partial charge in [0.25, 0.3) is 0 Å². The van der Waals surface area contributed by atoms with Gasteiger partial charge in [-0.3, -0.25) is 0 Å². The zero-order valence-corrected chi connectivity index (χ0v) is 28.9. The third-order valence-corrected chi connectivity index (χ3v) is 15.2. The quantitative estimate of drug-likeness (QED) is 0.131. The van der Waals surface area contributed by atoms with Gasteiger partial charge in [0.05, 0.1) is 28.1 Å². The highest BCUT2D eigenvalue weighted by Gasteiger charge is 2.42. The van der Waals surface area contributed by atoms with E-state index in [-0.39, 0.29) is 0 Å². The van der Waals surface area contributed by atoms with E-state index in [4.69, 9.17) is 0 Å². The van der Waals surface area contributed by atoms with Crippen molar-refractivity contribution in [1.82, 2.24) is 9.69 Å². The van der Waals surface area contributed by atoms with Crippen LogP contribution in [0.1, 0.15) is 0 Å². The zero-order chi connectivity index (χ0) is 33.8. The maximum absolute atomic E-state index is 2.71. The second kappa shape index (κ2) is 11.8. The molecule has 1 aromatic heterocycles. The summed E-state index contributed by atoms with van der Waals surface area (Å²) < 4.78 is 2.39. The molecule has 0 atom stereocenters. The minimum Gasteiger partial charge on any atom is -0.309 e. The summed E-state index contributed by atoms with van der Waals surface area (Å²) in [5, 5.41) is 14.7. The van der Waals surface area contributed by atoms with E-state index in [1.807, 2.05) is 0 Å². The van der Waals surface area contributed by atoms with Crippen molar-refractivity contribution in [3.8, 4) is 5.69 Å². The minimum atomic E-state index is -2.71. The Balaban J connectivity index is 1.17. The fourth-order valence-electron chi connectivity index (χ4n) is 8.27. The van der Waals surface area contributed by atoms with Gasteiger partial charge in [-0.2, -0.15) is 5.12 Å². The molecular weight excluding hydrogens is 637 g/mol. The van der Waals surface area contributed by atoms with Gasteiger partial charge in [0.1, 0.15) is 0 Å². The molecular formula is C46H34N4Si. The van der Waals surface area contributed by atoms with Crippen LogP contribution in [0.2, 0.25) is 0 Å². The van der Waals surface area contributed by atoms with Gasteiger partial charge in [-0.15, -0.1) is 0 Å². The average molecular weight is 671 g/mol. The van der Waals surface area contributed by atoms with E-state index in [2.05, 4.69) is 226 Å². The van der Waals surface area contributed by atoms with Crippen molar-refractivity contribution < 1.29 is 0 Å². The predicted molar refractivity (Wildman–Crippen MR) is 216 cm³/mol. The smallest absolute Gasteiger partial charge is 0.179 e. The van der Waals surface area contributed by atoms with Crippen LogP contribution < -0.4 is 30.8 Å². The molecule has 5 heteroatoms. The first kappa shape index (κ1) is 29.4. The summed E-state index contributed by atoms with van der Waals surface area (Å²) in [5.74, 6) is 0. The van der Waals surface area contributed by atoms with Crippen molar-refractivity contribution >= 4 is 67.7 Å². The second-order valence-corrected chi connectivity index (χ2v) is 16.9. The van der Waals surface area contributed by atoms with Crippen molar-refractivity contribution in [2.24, 2.45) is 0 Å². The summed E-state index contributed by atoms with van der Waals surface area (Å²) in [4.78, 5) is 0. The average Bonchev–Trinajstić information content (AvgIpc) is 3.72. The molecule has 0 amide bonds. The van der Waals surface area contributed by atoms with Crippen molar-refractivity contribution in [2.45, 2.75) is 0 Å². The molecule has 0 unspecified atom stereocenters. The summed E-state index contributed by atoms with van der Waals surface area (Å²) in [7, 11) is -2.71. The van der Waals surface area contributed by atoms with Gasteiger partial charge in [0, 0.05) is 28.9 Å². The summed E-state index contributed by atoms with van der Waals surface area (Å²) in [6, 6.07) is 66.9. The first-order valence-corrected chi connectivity index (χ1v) is 19.5. The van der Waals surface area contributed by atoms with Gasteiger partial charge >= 0.3 is 0 Å². The Morgan fingerprint density at radius 1 is 0.373 bits per heavy atom. The summed E-state index contributed by atoms with van der Waals surface area (Å²) in [6.07, 6.45) is 8.49. The maximum Gasteiger partial charge on any atom is 0.179 e. The molecule has 7 aromatic carbocycles. The van der Waals surface area contributed by atoms with Gasteiger partial charge in [-0.25, -0.2) is 10.0 Å². The van der Waals surface area contributed by atoms with E-state index < -0.39 is 8.07 Å². The van der Waals surface area contributed by atoms with Crippen LogP contribution in [0, 0.1) is 0 Å². The van der Waals surface area contributed by atoms with Crippen LogP contribution in [-0.2, 0) is 0 Å². The maximum atomic E-state index is 2.43. The molecule has 0 bridgehead atoms. The second-order valence-electron chi connectivity index (χ2n) is 13.1. The number of benzene rings is 7. The molecule has 2 aliphatic rings. The topological polar surface area (TPSA) is 14.7 Å². The van der Waals surface area contributed by atoms with Crippen LogP contribution in [-0.4, -0.2) is 17.8 Å². The summed E-state index contributed by atoms with van der Waals surface area (Å²) in [5.41, 5.74) is 6.90. The molecule has 3 heterocycles. The van der Waals surface area contributed by atoms with Crippen LogP contribution in [0.5, 0.6) is 0 Å². The van der Waals surface area contributed by atoms with Crippen molar-refractivity contribution in [3.63, 3.8) is 0 Å². The van der Waals surface area contributed by atoms with Gasteiger partial charge in [-0.05, 0) is 75.4 Å². The number of aromatic nitrogens is 1. The van der Waals surface area contributed by atoms with E-state index in [1.165, 1.54) is 42.6 Å². The fraction of sp³-hybridized carbons (Fsp3) is 0. The molecule has 0 radical (unpaired) electrons. The van der Waals surface area contributed by atoms with Crippen molar-refractivity contribution in [2.75, 3.05) is 10.0 Å². The van der Waals surface area contributed by atoms with Gasteiger partial charge in [-0.1, -0.05) is 140 Å². The number of allylic oxidation sites excluding steroid dienone is 2. The Hall–Kier alpha value is -6.56. The van der Waals surface area contributed by atoms with Gasteiger partial charge in [0.2, 0.25) is 0 Å². The van der Waals surface area contributed by atoms with Crippen LogP contribution in [0.25, 0.3) is 27.5 Å². The largest absolute Gasteiger partial charge is 0.309 e. The van der Waals surface area contributed by atoms with E-state index in [0.29, 0.717) is 0 Å². The number of fused-ring (bicyclic) bond motifs is 6. The lowest BCUT2D eigenvalue weighted by Crippen LogP contribution is -2.74. The normalized spacial score (nSPS) is 13.6. The van der Waals surface area contributed by atoms with Crippen LogP contribution in [0.4, 0.5) is 17.1 Å². The van der Waals surface area contributed by atoms with Gasteiger partial charge in [0.15, 0.2) is 8.07 Å². The van der Waals surface area contributed by atoms with E-state index in [0.717, 1.165) is 22.7 Å². The summed E-state index contributed by atoms with van der Waals surface area (Å²) >= 11 is 0. The van der Waals surface area contributed by atoms with Crippen molar-refractivity contribution in [3.05, 3.63) is 207 Å². The molecule has 2 aliphatic heterocycles. The minimum absolute atomic E-state index is 1.11. The zero-order valence-electron chi connectivity index (χ0n) is 27.9. The highest BCUT2D eigenvalue weighted by atomic mass is 28.3. The van der Waals surface area contributed by atoms with Crippen LogP contribution in [0.15, 0.2) is 207 Å². The number of para-hydroxylation sites is 2. The predicted octanol–water partition coefficient (Wildman–Crippen LogP) is 8.29. The SMILES string of the molecule is C1=CN2c3cc(-n4c5ccccc5c5ccccc54)ccc3N(c3cccc([Si](c4ccccc4)(c4ccccc4)c4ccccc4)c3)N2C=C1. The third-order valence-electron chi connectivity index (χ3n) is 10.4. The summed E-state index contributed by atoms with van der Waals surface area (Å²) in [6.45, 7) is 0. The number of hydrazine groups is 2. The van der Waals surface area contributed by atoms with Crippen LogP contribution in [0.3, 0.4) is 0 Å². The van der Waals surface area contributed by atoms with Crippen molar-refractivity contribution in [1.29, 1.82) is 0 Å². The molecule has 0 spiro atoms. The third kappa shape index (κ3) is 4.45. The number of hydrogen-bond acceptors (Lipinski definition) is 3. The highest BCUT2D eigenvalue weighted by Crippen LogP contribution is 2.46. The highest BCUT2D eigenvalue weighted by molar-refractivity contribution is 7.19. The number of rotatable bonds is 6. The molecule has 10 rings (SSSR count). The Morgan fingerprint density at radius 3 is 1.51 bits per heavy atom. The van der Waals surface area contributed by atoms with E-state index in [1.54, 1.807) is 0 Å². The van der Waals surface area contributed by atoms with E-state index >= 15 is 0 Å². The first-order chi connectivity index (χ1) is 25.3. The molecule has 0 saturated carbocycles. The molecule has 242 valence electrons. The monoisotopic (exact) mass is 670 g/mol. The standard InChI is InChI=1S/C46H34N4Si/c1-4-18-37(19-5-1)51(38-20-6-2-7-21-38,39-22-8-3-9-23-39)40-24-16-17-36(33-40)50-45-30-29-35(34-46(45)47-31-14-15-32-48(47)50)49-43-27-12-10-25-41(43)42-26-11-13-28-44(42)49/h1-34H. The molecule has 0 N–H and O–H groups in total. The lowest BCUT2D eigenvalue weighted by atomic mass is 10.2. The molecule has 4 nitrogen and oxygen atoms in total. The van der Waals surface area contributed by atoms with Gasteiger partial charge < -0.3 is 4.57 Å². The Morgan fingerprint density at radius 2 is 0.902 bits per heavy atom. The number of anilines is 3.